The highest BCUT2D eigenvalue weighted by Crippen LogP contribution is 2.26. The van der Waals surface area contributed by atoms with Crippen molar-refractivity contribution in [1.82, 2.24) is 19.7 Å². The van der Waals surface area contributed by atoms with Crippen molar-refractivity contribution in [1.29, 1.82) is 0 Å². The molecule has 0 atom stereocenters. The Labute approximate surface area is 189 Å². The van der Waals surface area contributed by atoms with Gasteiger partial charge in [-0.25, -0.2) is 4.39 Å². The van der Waals surface area contributed by atoms with Gasteiger partial charge in [0, 0.05) is 50.9 Å². The van der Waals surface area contributed by atoms with E-state index in [1.807, 2.05) is 35.4 Å². The third kappa shape index (κ3) is 5.75. The van der Waals surface area contributed by atoms with E-state index in [9.17, 15) is 14.0 Å². The van der Waals surface area contributed by atoms with E-state index in [1.165, 1.54) is 6.07 Å². The minimum absolute atomic E-state index is 0. The standard InChI is InChI=1S/C22H32FN5O2.ClH/c1-5-27-15-17(22(30)24-7-6-8-25(2)3)21(29)16-13-18(23)20(14-19(16)27)28-11-9-26(4)10-12-28;/h13-15H,5-12H2,1-4H3,(H,24,30);1H/p-1. The van der Waals surface area contributed by atoms with Crippen molar-refractivity contribution in [3.05, 3.63) is 39.9 Å². The molecule has 0 saturated carbocycles. The second-order valence-corrected chi connectivity index (χ2v) is 8.18. The molecule has 1 N–H and O–H groups in total. The summed E-state index contributed by atoms with van der Waals surface area (Å²) in [6, 6.07) is 3.04. The minimum Gasteiger partial charge on any atom is -1.00 e. The molecular weight excluding hydrogens is 421 g/mol. The van der Waals surface area contributed by atoms with Crippen LogP contribution < -0.4 is 28.1 Å². The number of fused-ring (bicyclic) bond motifs is 1. The molecule has 1 aliphatic heterocycles. The maximum atomic E-state index is 15.0. The van der Waals surface area contributed by atoms with Gasteiger partial charge in [0.25, 0.3) is 5.91 Å². The number of carbonyl (C=O) groups excluding carboxylic acids is 1. The van der Waals surface area contributed by atoms with E-state index in [1.54, 1.807) is 12.3 Å². The Morgan fingerprint density at radius 3 is 2.48 bits per heavy atom. The number of pyridine rings is 1. The molecule has 2 heterocycles. The number of halogens is 2. The summed E-state index contributed by atoms with van der Waals surface area (Å²) in [5, 5.41) is 3.05. The van der Waals surface area contributed by atoms with Crippen LogP contribution in [0, 0.1) is 5.82 Å². The minimum atomic E-state index is -0.427. The number of anilines is 1. The van der Waals surface area contributed by atoms with E-state index in [4.69, 9.17) is 0 Å². The summed E-state index contributed by atoms with van der Waals surface area (Å²) in [6.45, 7) is 7.06. The van der Waals surface area contributed by atoms with Crippen LogP contribution in [0.4, 0.5) is 10.1 Å². The lowest BCUT2D eigenvalue weighted by Gasteiger charge is -2.34. The fourth-order valence-electron chi connectivity index (χ4n) is 3.80. The number of aryl methyl sites for hydroxylation is 1. The number of aromatic nitrogens is 1. The summed E-state index contributed by atoms with van der Waals surface area (Å²) < 4.78 is 16.8. The molecule has 9 heteroatoms. The van der Waals surface area contributed by atoms with Crippen LogP contribution in [0.5, 0.6) is 0 Å². The highest BCUT2D eigenvalue weighted by atomic mass is 35.5. The van der Waals surface area contributed by atoms with Crippen molar-refractivity contribution in [3.63, 3.8) is 0 Å². The third-order valence-electron chi connectivity index (χ3n) is 5.65. The summed E-state index contributed by atoms with van der Waals surface area (Å²) >= 11 is 0. The number of hydrogen-bond donors (Lipinski definition) is 1. The first-order chi connectivity index (χ1) is 14.3. The van der Waals surface area contributed by atoms with Gasteiger partial charge in [-0.05, 0) is 53.2 Å². The topological polar surface area (TPSA) is 60.8 Å². The lowest BCUT2D eigenvalue weighted by atomic mass is 10.1. The lowest BCUT2D eigenvalue weighted by molar-refractivity contribution is -0.0000153. The SMILES string of the molecule is CCn1cc(C(=O)NCCCN(C)C)c(=O)c2cc(F)c(N3CCN(C)CC3)cc21.[Cl-]. The molecule has 1 aliphatic rings. The fraction of sp³-hybridized carbons (Fsp3) is 0.545. The summed E-state index contributed by atoms with van der Waals surface area (Å²) in [7, 11) is 5.99. The van der Waals surface area contributed by atoms with E-state index in [2.05, 4.69) is 17.3 Å². The van der Waals surface area contributed by atoms with Crippen molar-refractivity contribution < 1.29 is 21.6 Å². The first-order valence-electron chi connectivity index (χ1n) is 10.5. The smallest absolute Gasteiger partial charge is 0.256 e. The number of nitrogens with one attached hydrogen (secondary N) is 1. The summed E-state index contributed by atoms with van der Waals surface area (Å²) in [6.07, 6.45) is 2.38. The van der Waals surface area contributed by atoms with Crippen LogP contribution in [0.1, 0.15) is 23.7 Å². The average Bonchev–Trinajstić information content (AvgIpc) is 2.72. The zero-order chi connectivity index (χ0) is 21.8. The average molecular weight is 453 g/mol. The highest BCUT2D eigenvalue weighted by Gasteiger charge is 2.21. The number of likely N-dealkylation sites (N-methyl/N-ethyl adjacent to an activating group) is 1. The molecule has 0 aliphatic carbocycles. The van der Waals surface area contributed by atoms with Gasteiger partial charge >= 0.3 is 0 Å². The molecule has 1 aromatic carbocycles. The van der Waals surface area contributed by atoms with Gasteiger partial charge in [-0.2, -0.15) is 0 Å². The van der Waals surface area contributed by atoms with Gasteiger partial charge < -0.3 is 37.0 Å². The highest BCUT2D eigenvalue weighted by molar-refractivity contribution is 5.97. The second-order valence-electron chi connectivity index (χ2n) is 8.18. The molecule has 0 bridgehead atoms. The second kappa shape index (κ2) is 10.9. The van der Waals surface area contributed by atoms with Crippen molar-refractivity contribution >= 4 is 22.5 Å². The van der Waals surface area contributed by atoms with Crippen LogP contribution in [-0.4, -0.2) is 80.7 Å². The maximum Gasteiger partial charge on any atom is 0.256 e. The predicted octanol–water partition coefficient (Wildman–Crippen LogP) is -1.40. The molecule has 1 aromatic heterocycles. The Hall–Kier alpha value is -2.16. The molecule has 3 rings (SSSR count). The Balaban J connectivity index is 0.00000341. The molecule has 1 saturated heterocycles. The molecule has 172 valence electrons. The molecule has 0 unspecified atom stereocenters. The predicted molar refractivity (Wildman–Crippen MR) is 119 cm³/mol. The Bertz CT molecular complexity index is 971. The molecule has 31 heavy (non-hydrogen) atoms. The number of nitrogens with zero attached hydrogens (tertiary/aromatic N) is 4. The van der Waals surface area contributed by atoms with E-state index in [0.29, 0.717) is 24.3 Å². The van der Waals surface area contributed by atoms with Crippen LogP contribution in [0.3, 0.4) is 0 Å². The summed E-state index contributed by atoms with van der Waals surface area (Å²) in [5.74, 6) is -0.832. The van der Waals surface area contributed by atoms with Crippen LogP contribution in [0.25, 0.3) is 10.9 Å². The molecule has 7 nitrogen and oxygen atoms in total. The van der Waals surface area contributed by atoms with Crippen molar-refractivity contribution in [3.8, 4) is 0 Å². The number of benzene rings is 1. The molecule has 0 radical (unpaired) electrons. The van der Waals surface area contributed by atoms with Crippen molar-refractivity contribution in [2.24, 2.45) is 0 Å². The quantitative estimate of drug-likeness (QED) is 0.523. The molecule has 1 fully saturated rings. The van der Waals surface area contributed by atoms with Gasteiger partial charge in [-0.15, -0.1) is 0 Å². The monoisotopic (exact) mass is 452 g/mol. The van der Waals surface area contributed by atoms with E-state index in [0.717, 1.165) is 39.1 Å². The van der Waals surface area contributed by atoms with Crippen LogP contribution in [0.2, 0.25) is 0 Å². The van der Waals surface area contributed by atoms with E-state index < -0.39 is 17.2 Å². The van der Waals surface area contributed by atoms with Gasteiger partial charge in [0.05, 0.1) is 11.2 Å². The summed E-state index contributed by atoms with van der Waals surface area (Å²) in [4.78, 5) is 31.9. The van der Waals surface area contributed by atoms with Gasteiger partial charge in [-0.3, -0.25) is 9.59 Å². The van der Waals surface area contributed by atoms with Gasteiger partial charge in [0.1, 0.15) is 11.4 Å². The van der Waals surface area contributed by atoms with Crippen LogP contribution in [-0.2, 0) is 6.54 Å². The van der Waals surface area contributed by atoms with Gasteiger partial charge in [0.15, 0.2) is 0 Å². The largest absolute Gasteiger partial charge is 1.00 e. The van der Waals surface area contributed by atoms with Gasteiger partial charge in [-0.1, -0.05) is 0 Å². The number of amides is 1. The number of carbonyl (C=O) groups is 1. The normalized spacial score (nSPS) is 14.7. The Morgan fingerprint density at radius 1 is 1.19 bits per heavy atom. The number of rotatable bonds is 7. The summed E-state index contributed by atoms with van der Waals surface area (Å²) in [5.41, 5.74) is 0.796. The molecular formula is C22H32ClFN5O2-. The van der Waals surface area contributed by atoms with Gasteiger partial charge in [0.2, 0.25) is 5.43 Å². The fourth-order valence-corrected chi connectivity index (χ4v) is 3.80. The number of hydrogen-bond acceptors (Lipinski definition) is 5. The van der Waals surface area contributed by atoms with Crippen molar-refractivity contribution in [2.45, 2.75) is 19.9 Å². The van der Waals surface area contributed by atoms with E-state index in [-0.39, 0.29) is 23.4 Å². The van der Waals surface area contributed by atoms with E-state index >= 15 is 0 Å². The van der Waals surface area contributed by atoms with Crippen LogP contribution >= 0.6 is 0 Å². The zero-order valence-corrected chi connectivity index (χ0v) is 19.5. The first-order valence-corrected chi connectivity index (χ1v) is 10.5. The molecule has 0 spiro atoms. The lowest BCUT2D eigenvalue weighted by Crippen LogP contribution is -3.00. The number of piperazine rings is 1. The Morgan fingerprint density at radius 2 is 1.87 bits per heavy atom. The molecule has 2 aromatic rings. The maximum absolute atomic E-state index is 15.0. The van der Waals surface area contributed by atoms with Crippen LogP contribution in [0.15, 0.2) is 23.1 Å². The third-order valence-corrected chi connectivity index (χ3v) is 5.65. The first kappa shape index (κ1) is 25.1. The van der Waals surface area contributed by atoms with Crippen molar-refractivity contribution in [2.75, 3.05) is 65.3 Å². The molecule has 1 amide bonds. The Kier molecular flexibility index (Phi) is 8.85. The zero-order valence-electron chi connectivity index (χ0n) is 18.8.